The molecule has 3 amide bonds. The zero-order valence-electron chi connectivity index (χ0n) is 29.5. The van der Waals surface area contributed by atoms with Crippen LogP contribution in [0.3, 0.4) is 0 Å². The number of aromatic hydroxyl groups is 1. The first kappa shape index (κ1) is 35.2. The number of amides is 3. The molecule has 0 spiro atoms. The molecular formula is C42H47N5O5. The molecule has 1 aromatic heterocycles. The Balaban J connectivity index is 0.819. The van der Waals surface area contributed by atoms with Crippen LogP contribution in [0.1, 0.15) is 83.1 Å². The fraction of sp³-hybridized carbons (Fsp3) is 0.381. The SMILES string of the molecule is O=C1CC[C@@H](NC(=O)c2ccc(N3CCN(CCCCCOc4ccc([C@@H]5c6ccc(O)cc6CC[C@@H]5c5ccccc5)cc4)CC3)cn2)C(=O)N1. The monoisotopic (exact) mass is 701 g/mol. The highest BCUT2D eigenvalue weighted by Crippen LogP contribution is 2.47. The zero-order valence-corrected chi connectivity index (χ0v) is 29.5. The van der Waals surface area contributed by atoms with E-state index in [-0.39, 0.29) is 23.9 Å². The number of benzene rings is 3. The summed E-state index contributed by atoms with van der Waals surface area (Å²) in [6.45, 7) is 5.48. The van der Waals surface area contributed by atoms with E-state index in [2.05, 4.69) is 86.1 Å². The Bertz CT molecular complexity index is 1840. The van der Waals surface area contributed by atoms with Crippen molar-refractivity contribution in [2.45, 2.75) is 62.8 Å². The van der Waals surface area contributed by atoms with Crippen LogP contribution in [0.25, 0.3) is 0 Å². The molecule has 2 aliphatic heterocycles. The van der Waals surface area contributed by atoms with E-state index in [9.17, 15) is 19.5 Å². The lowest BCUT2D eigenvalue weighted by Gasteiger charge is -2.36. The number of carbonyl (C=O) groups is 3. The number of anilines is 1. The number of hydrogen-bond acceptors (Lipinski definition) is 8. The summed E-state index contributed by atoms with van der Waals surface area (Å²) in [5.41, 5.74) is 6.39. The summed E-state index contributed by atoms with van der Waals surface area (Å²) in [6, 6.07) is 28.1. The topological polar surface area (TPSA) is 124 Å². The van der Waals surface area contributed by atoms with Gasteiger partial charge in [0.1, 0.15) is 23.2 Å². The predicted molar refractivity (Wildman–Crippen MR) is 200 cm³/mol. The lowest BCUT2D eigenvalue weighted by molar-refractivity contribution is -0.134. The van der Waals surface area contributed by atoms with E-state index < -0.39 is 17.9 Å². The Hall–Kier alpha value is -5.22. The standard InChI is InChI=1S/C42H47N5O5/c48-33-13-17-36-31(27-33)11-16-35(29-7-3-1-4-8-29)40(36)30-9-14-34(15-10-30)52-26-6-2-5-21-46-22-24-47(25-23-46)32-12-18-37(43-28-32)41(50)44-38-19-20-39(49)45-42(38)51/h1,3-4,7-10,12-15,17-18,27-28,35,38,40,48H,2,5-6,11,16,19-26H2,(H,44,50)(H,45,49,51)/t35-,38-,40+/m1/s1. The smallest absolute Gasteiger partial charge is 0.270 e. The minimum Gasteiger partial charge on any atom is -0.508 e. The number of fused-ring (bicyclic) bond motifs is 1. The number of carbonyl (C=O) groups excluding carboxylic acids is 3. The molecule has 1 aliphatic carbocycles. The van der Waals surface area contributed by atoms with Crippen LogP contribution in [0.5, 0.6) is 11.5 Å². The summed E-state index contributed by atoms with van der Waals surface area (Å²) in [7, 11) is 0. The molecule has 4 aromatic rings. The highest BCUT2D eigenvalue weighted by Gasteiger charge is 2.32. The van der Waals surface area contributed by atoms with Crippen molar-refractivity contribution in [1.29, 1.82) is 0 Å². The van der Waals surface area contributed by atoms with Gasteiger partial charge in [-0.15, -0.1) is 0 Å². The van der Waals surface area contributed by atoms with Crippen molar-refractivity contribution < 1.29 is 24.2 Å². The third-order valence-corrected chi connectivity index (χ3v) is 10.7. The Morgan fingerprint density at radius 2 is 1.67 bits per heavy atom. The molecule has 0 saturated carbocycles. The molecule has 0 radical (unpaired) electrons. The van der Waals surface area contributed by atoms with Gasteiger partial charge in [0.2, 0.25) is 11.8 Å². The lowest BCUT2D eigenvalue weighted by Crippen LogP contribution is -2.52. The predicted octanol–water partition coefficient (Wildman–Crippen LogP) is 5.56. The second kappa shape index (κ2) is 16.4. The Morgan fingerprint density at radius 3 is 2.42 bits per heavy atom. The van der Waals surface area contributed by atoms with Gasteiger partial charge >= 0.3 is 0 Å². The number of piperazine rings is 1. The third kappa shape index (κ3) is 8.45. The average Bonchev–Trinajstić information content (AvgIpc) is 3.17. The van der Waals surface area contributed by atoms with Crippen LogP contribution in [-0.4, -0.2) is 78.1 Å². The van der Waals surface area contributed by atoms with Gasteiger partial charge in [0, 0.05) is 38.5 Å². The fourth-order valence-corrected chi connectivity index (χ4v) is 7.85. The second-order valence-electron chi connectivity index (χ2n) is 14.1. The number of phenolic OH excluding ortho intramolecular Hbond substituents is 1. The quantitative estimate of drug-likeness (QED) is 0.130. The summed E-state index contributed by atoms with van der Waals surface area (Å²) in [4.78, 5) is 45.0. The molecule has 7 rings (SSSR count). The zero-order chi connectivity index (χ0) is 35.9. The summed E-state index contributed by atoms with van der Waals surface area (Å²) in [5.74, 6) is 0.629. The summed E-state index contributed by atoms with van der Waals surface area (Å²) in [6.07, 6.45) is 7.46. The van der Waals surface area contributed by atoms with E-state index in [1.807, 2.05) is 18.2 Å². The average molecular weight is 702 g/mol. The van der Waals surface area contributed by atoms with Gasteiger partial charge in [-0.3, -0.25) is 24.6 Å². The number of pyridine rings is 1. The minimum absolute atomic E-state index is 0.209. The molecule has 270 valence electrons. The Kier molecular flexibility index (Phi) is 11.1. The fourth-order valence-electron chi connectivity index (χ4n) is 7.85. The molecular weight excluding hydrogens is 654 g/mol. The number of ether oxygens (including phenoxy) is 1. The highest BCUT2D eigenvalue weighted by atomic mass is 16.5. The minimum atomic E-state index is -0.719. The van der Waals surface area contributed by atoms with Crippen molar-refractivity contribution in [2.75, 3.05) is 44.2 Å². The number of aryl methyl sites for hydroxylation is 1. The van der Waals surface area contributed by atoms with E-state index in [1.165, 1.54) is 22.3 Å². The number of nitrogens with one attached hydrogen (secondary N) is 2. The van der Waals surface area contributed by atoms with E-state index in [0.717, 1.165) is 76.3 Å². The molecule has 0 unspecified atom stereocenters. The number of hydrogen-bond donors (Lipinski definition) is 3. The van der Waals surface area contributed by atoms with Gasteiger partial charge < -0.3 is 20.1 Å². The molecule has 3 N–H and O–H groups in total. The van der Waals surface area contributed by atoms with Crippen molar-refractivity contribution in [1.82, 2.24) is 20.5 Å². The number of piperidine rings is 1. The molecule has 10 heteroatoms. The number of rotatable bonds is 12. The largest absolute Gasteiger partial charge is 0.508 e. The van der Waals surface area contributed by atoms with Crippen molar-refractivity contribution in [3.63, 3.8) is 0 Å². The van der Waals surface area contributed by atoms with Crippen molar-refractivity contribution in [3.8, 4) is 11.5 Å². The van der Waals surface area contributed by atoms with Gasteiger partial charge in [-0.05, 0) is 110 Å². The Labute approximate surface area is 305 Å². The van der Waals surface area contributed by atoms with Gasteiger partial charge in [0.25, 0.3) is 5.91 Å². The number of phenols is 1. The first-order valence-corrected chi connectivity index (χ1v) is 18.6. The maximum Gasteiger partial charge on any atom is 0.270 e. The van der Waals surface area contributed by atoms with Gasteiger partial charge in [0.05, 0.1) is 18.5 Å². The van der Waals surface area contributed by atoms with E-state index in [0.29, 0.717) is 24.7 Å². The molecule has 2 fully saturated rings. The second-order valence-corrected chi connectivity index (χ2v) is 14.1. The third-order valence-electron chi connectivity index (χ3n) is 10.7. The van der Waals surface area contributed by atoms with E-state index >= 15 is 0 Å². The van der Waals surface area contributed by atoms with Crippen LogP contribution >= 0.6 is 0 Å². The van der Waals surface area contributed by atoms with Crippen molar-refractivity contribution >= 4 is 23.4 Å². The van der Waals surface area contributed by atoms with Crippen LogP contribution in [0.4, 0.5) is 5.69 Å². The van der Waals surface area contributed by atoms with Gasteiger partial charge in [0.15, 0.2) is 0 Å². The Morgan fingerprint density at radius 1 is 0.865 bits per heavy atom. The molecule has 3 heterocycles. The lowest BCUT2D eigenvalue weighted by atomic mass is 9.69. The molecule has 52 heavy (non-hydrogen) atoms. The van der Waals surface area contributed by atoms with Gasteiger partial charge in [-0.2, -0.15) is 0 Å². The maximum absolute atomic E-state index is 12.6. The molecule has 3 aromatic carbocycles. The summed E-state index contributed by atoms with van der Waals surface area (Å²) < 4.78 is 6.16. The van der Waals surface area contributed by atoms with Gasteiger partial charge in [-0.25, -0.2) is 4.98 Å². The molecule has 10 nitrogen and oxygen atoms in total. The van der Waals surface area contributed by atoms with E-state index in [1.54, 1.807) is 12.3 Å². The van der Waals surface area contributed by atoms with Crippen LogP contribution in [0, 0.1) is 0 Å². The first-order valence-electron chi connectivity index (χ1n) is 18.6. The first-order chi connectivity index (χ1) is 25.4. The van der Waals surface area contributed by atoms with Gasteiger partial charge in [-0.1, -0.05) is 48.5 Å². The van der Waals surface area contributed by atoms with E-state index in [4.69, 9.17) is 4.74 Å². The van der Waals surface area contributed by atoms with Crippen LogP contribution < -0.4 is 20.3 Å². The summed E-state index contributed by atoms with van der Waals surface area (Å²) in [5, 5.41) is 15.1. The normalized spacial score (nSPS) is 20.5. The van der Waals surface area contributed by atoms with Crippen LogP contribution in [-0.2, 0) is 16.0 Å². The van der Waals surface area contributed by atoms with Crippen molar-refractivity contribution in [2.24, 2.45) is 0 Å². The number of imide groups is 1. The van der Waals surface area contributed by atoms with Crippen LogP contribution in [0.15, 0.2) is 91.1 Å². The molecule has 0 bridgehead atoms. The molecule has 3 aliphatic rings. The van der Waals surface area contributed by atoms with Crippen LogP contribution in [0.2, 0.25) is 0 Å². The number of aromatic nitrogens is 1. The highest BCUT2D eigenvalue weighted by molar-refractivity contribution is 6.03. The van der Waals surface area contributed by atoms with Crippen molar-refractivity contribution in [3.05, 3.63) is 119 Å². The maximum atomic E-state index is 12.6. The molecule has 3 atom stereocenters. The molecule has 2 saturated heterocycles. The number of nitrogens with zero attached hydrogens (tertiary/aromatic N) is 3. The number of unbranched alkanes of at least 4 members (excludes halogenated alkanes) is 2. The summed E-state index contributed by atoms with van der Waals surface area (Å²) >= 11 is 0.